The molecule has 2 heterocycles. The van der Waals surface area contributed by atoms with Gasteiger partial charge in [0.2, 0.25) is 0 Å². The number of nitrogens with zero attached hydrogens (tertiary/aromatic N) is 3. The van der Waals surface area contributed by atoms with Gasteiger partial charge in [0.05, 0.1) is 34.5 Å². The van der Waals surface area contributed by atoms with Crippen molar-refractivity contribution in [1.82, 2.24) is 14.8 Å². The van der Waals surface area contributed by atoms with Crippen LogP contribution in [0, 0.1) is 0 Å². The maximum absolute atomic E-state index is 13.3. The van der Waals surface area contributed by atoms with Gasteiger partial charge in [0, 0.05) is 50.4 Å². The van der Waals surface area contributed by atoms with E-state index in [0.717, 1.165) is 6.07 Å². The minimum absolute atomic E-state index is 0.0242. The molecule has 0 bridgehead atoms. The van der Waals surface area contributed by atoms with Crippen LogP contribution in [0.2, 0.25) is 5.02 Å². The van der Waals surface area contributed by atoms with Gasteiger partial charge in [0.15, 0.2) is 0 Å². The minimum Gasteiger partial charge on any atom is -0.496 e. The van der Waals surface area contributed by atoms with Gasteiger partial charge < -0.3 is 9.64 Å². The number of carbonyl (C=O) groups is 1. The molecule has 5 rings (SSSR count). The summed E-state index contributed by atoms with van der Waals surface area (Å²) in [6.07, 6.45) is -2.99. The molecule has 3 aromatic carbocycles. The maximum Gasteiger partial charge on any atom is 0.417 e. The summed E-state index contributed by atoms with van der Waals surface area (Å²) in [6.45, 7) is 2.18. The van der Waals surface area contributed by atoms with E-state index >= 15 is 0 Å². The number of ether oxygens (including phenoxy) is 1. The first kappa shape index (κ1) is 29.6. The van der Waals surface area contributed by atoms with E-state index in [1.807, 2.05) is 4.90 Å². The van der Waals surface area contributed by atoms with Crippen molar-refractivity contribution in [2.24, 2.45) is 0 Å². The fourth-order valence-corrected chi connectivity index (χ4v) is 6.40. The van der Waals surface area contributed by atoms with Crippen LogP contribution >= 0.6 is 11.6 Å². The predicted molar refractivity (Wildman–Crippen MR) is 153 cm³/mol. The number of para-hydroxylation sites is 1. The summed E-state index contributed by atoms with van der Waals surface area (Å²) in [5.41, 5.74) is 0.604. The fraction of sp³-hybridized carbons (Fsp3) is 0.241. The van der Waals surface area contributed by atoms with Crippen molar-refractivity contribution in [3.63, 3.8) is 0 Å². The van der Waals surface area contributed by atoms with Gasteiger partial charge in [-0.05, 0) is 42.0 Å². The fourth-order valence-electron chi connectivity index (χ4n) is 4.86. The summed E-state index contributed by atoms with van der Waals surface area (Å²) in [5, 5.41) is 0.336. The average molecular weight is 619 g/mol. The number of amides is 1. The second-order valence-corrected chi connectivity index (χ2v) is 11.8. The monoisotopic (exact) mass is 618 g/mol. The lowest BCUT2D eigenvalue weighted by molar-refractivity contribution is -0.137. The lowest BCUT2D eigenvalue weighted by Crippen LogP contribution is -2.48. The number of alkyl halides is 3. The Morgan fingerprint density at radius 3 is 2.45 bits per heavy atom. The largest absolute Gasteiger partial charge is 0.496 e. The summed E-state index contributed by atoms with van der Waals surface area (Å²) < 4.78 is 73.3. The van der Waals surface area contributed by atoms with Gasteiger partial charge in [-0.1, -0.05) is 35.9 Å². The molecule has 1 N–H and O–H groups in total. The lowest BCUT2D eigenvalue weighted by atomic mass is 10.1. The molecule has 8 nitrogen and oxygen atoms in total. The number of benzene rings is 3. The molecule has 1 aliphatic heterocycles. The molecular formula is C29H26ClF3N4O4S. The van der Waals surface area contributed by atoms with E-state index in [1.165, 1.54) is 49.7 Å². The van der Waals surface area contributed by atoms with Crippen molar-refractivity contribution >= 4 is 44.1 Å². The standard InChI is InChI=1S/C29H26ClF3N4O4S/c1-41-25-17-21(35-42(39,40)26-6-2-4-20-5-3-11-34-27(20)26)8-9-22(25)28(38)37-14-12-36(13-15-37)18-19-7-10-23(24(30)16-19)29(31,32)33/h2-11,16-17,35H,12-15,18H2,1H3. The molecule has 0 spiro atoms. The number of pyridine rings is 1. The van der Waals surface area contributed by atoms with Gasteiger partial charge in [-0.25, -0.2) is 8.42 Å². The zero-order valence-electron chi connectivity index (χ0n) is 22.4. The van der Waals surface area contributed by atoms with Gasteiger partial charge >= 0.3 is 6.18 Å². The summed E-state index contributed by atoms with van der Waals surface area (Å²) in [4.78, 5) is 21.3. The van der Waals surface area contributed by atoms with Crippen LogP contribution in [-0.4, -0.2) is 62.4 Å². The van der Waals surface area contributed by atoms with Crippen molar-refractivity contribution in [2.45, 2.75) is 17.6 Å². The lowest BCUT2D eigenvalue weighted by Gasteiger charge is -2.35. The molecule has 0 saturated carbocycles. The van der Waals surface area contributed by atoms with Crippen molar-refractivity contribution in [2.75, 3.05) is 38.0 Å². The highest BCUT2D eigenvalue weighted by atomic mass is 35.5. The SMILES string of the molecule is COc1cc(NS(=O)(=O)c2cccc3cccnc23)ccc1C(=O)N1CCN(Cc2ccc(C(F)(F)F)c(Cl)c2)CC1. The predicted octanol–water partition coefficient (Wildman–Crippen LogP) is 5.67. The second-order valence-electron chi connectivity index (χ2n) is 9.73. The minimum atomic E-state index is -4.51. The Hall–Kier alpha value is -3.87. The van der Waals surface area contributed by atoms with Crippen LogP contribution in [0.4, 0.5) is 18.9 Å². The van der Waals surface area contributed by atoms with Gasteiger partial charge in [-0.2, -0.15) is 13.2 Å². The summed E-state index contributed by atoms with van der Waals surface area (Å²) in [5.74, 6) is -0.0743. The first-order valence-electron chi connectivity index (χ1n) is 12.9. The summed E-state index contributed by atoms with van der Waals surface area (Å²) in [6, 6.07) is 16.5. The Morgan fingerprint density at radius 1 is 1.02 bits per heavy atom. The Bertz CT molecular complexity index is 1740. The highest BCUT2D eigenvalue weighted by molar-refractivity contribution is 7.93. The molecule has 0 aliphatic carbocycles. The molecule has 220 valence electrons. The smallest absolute Gasteiger partial charge is 0.417 e. The Balaban J connectivity index is 1.25. The number of nitrogens with one attached hydrogen (secondary N) is 1. The third-order valence-corrected chi connectivity index (χ3v) is 8.70. The highest BCUT2D eigenvalue weighted by Crippen LogP contribution is 2.35. The van der Waals surface area contributed by atoms with E-state index in [2.05, 4.69) is 9.71 Å². The third kappa shape index (κ3) is 6.30. The van der Waals surface area contributed by atoms with Crippen molar-refractivity contribution in [3.05, 3.63) is 94.6 Å². The van der Waals surface area contributed by atoms with Crippen LogP contribution in [0.1, 0.15) is 21.5 Å². The van der Waals surface area contributed by atoms with Gasteiger partial charge in [0.25, 0.3) is 15.9 Å². The number of anilines is 1. The Labute approximate surface area is 245 Å². The Morgan fingerprint density at radius 2 is 1.76 bits per heavy atom. The second kappa shape index (κ2) is 11.8. The van der Waals surface area contributed by atoms with Crippen LogP contribution in [0.15, 0.2) is 77.8 Å². The number of piperazine rings is 1. The number of halogens is 4. The third-order valence-electron chi connectivity index (χ3n) is 6.97. The van der Waals surface area contributed by atoms with Gasteiger partial charge in [-0.15, -0.1) is 0 Å². The van der Waals surface area contributed by atoms with Crippen LogP contribution in [-0.2, 0) is 22.7 Å². The van der Waals surface area contributed by atoms with Crippen molar-refractivity contribution < 1.29 is 31.1 Å². The quantitative estimate of drug-likeness (QED) is 0.287. The Kier molecular flexibility index (Phi) is 8.31. The van der Waals surface area contributed by atoms with Crippen LogP contribution < -0.4 is 9.46 Å². The van der Waals surface area contributed by atoms with Crippen molar-refractivity contribution in [1.29, 1.82) is 0 Å². The van der Waals surface area contributed by atoms with Crippen LogP contribution in [0.25, 0.3) is 10.9 Å². The number of carbonyl (C=O) groups excluding carboxylic acids is 1. The van der Waals surface area contributed by atoms with Crippen molar-refractivity contribution in [3.8, 4) is 5.75 Å². The van der Waals surface area contributed by atoms with E-state index < -0.39 is 21.8 Å². The molecule has 1 amide bonds. The zero-order chi connectivity index (χ0) is 30.1. The summed E-state index contributed by atoms with van der Waals surface area (Å²) >= 11 is 5.85. The number of methoxy groups -OCH3 is 1. The highest BCUT2D eigenvalue weighted by Gasteiger charge is 2.33. The average Bonchev–Trinajstić information content (AvgIpc) is 2.96. The summed E-state index contributed by atoms with van der Waals surface area (Å²) in [7, 11) is -2.60. The van der Waals surface area contributed by atoms with E-state index in [9.17, 15) is 26.4 Å². The molecule has 1 fully saturated rings. The van der Waals surface area contributed by atoms with E-state index in [4.69, 9.17) is 16.3 Å². The first-order valence-corrected chi connectivity index (χ1v) is 14.7. The molecule has 42 heavy (non-hydrogen) atoms. The number of rotatable bonds is 7. The number of aromatic nitrogens is 1. The molecule has 4 aromatic rings. The molecule has 0 atom stereocenters. The number of sulfonamides is 1. The first-order chi connectivity index (χ1) is 20.0. The molecular weight excluding hydrogens is 593 g/mol. The topological polar surface area (TPSA) is 91.8 Å². The van der Waals surface area contributed by atoms with Gasteiger partial charge in [-0.3, -0.25) is 19.4 Å². The molecule has 0 radical (unpaired) electrons. The number of hydrogen-bond donors (Lipinski definition) is 1. The molecule has 1 aliphatic rings. The van der Waals surface area contributed by atoms with Crippen LogP contribution in [0.5, 0.6) is 5.75 Å². The number of fused-ring (bicyclic) bond motifs is 1. The molecule has 13 heteroatoms. The van der Waals surface area contributed by atoms with Gasteiger partial charge in [0.1, 0.15) is 10.6 Å². The normalized spacial score (nSPS) is 14.6. The molecule has 1 aromatic heterocycles. The van der Waals surface area contributed by atoms with Crippen LogP contribution in [0.3, 0.4) is 0 Å². The van der Waals surface area contributed by atoms with E-state index in [1.54, 1.807) is 29.2 Å². The number of hydrogen-bond acceptors (Lipinski definition) is 6. The maximum atomic E-state index is 13.3. The van der Waals surface area contributed by atoms with E-state index in [0.29, 0.717) is 49.2 Å². The molecule has 1 saturated heterocycles. The molecule has 0 unspecified atom stereocenters. The zero-order valence-corrected chi connectivity index (χ0v) is 23.9. The van der Waals surface area contributed by atoms with E-state index in [-0.39, 0.29) is 32.8 Å².